The van der Waals surface area contributed by atoms with E-state index in [1.165, 1.54) is 6.20 Å². The first-order chi connectivity index (χ1) is 7.68. The second-order valence-electron chi connectivity index (χ2n) is 3.38. The Kier molecular flexibility index (Phi) is 4.00. The summed E-state index contributed by atoms with van der Waals surface area (Å²) in [5, 5.41) is 0.437. The Bertz CT molecular complexity index is 408. The van der Waals surface area contributed by atoms with Gasteiger partial charge in [-0.2, -0.15) is 11.8 Å². The minimum Gasteiger partial charge on any atom is -0.383 e. The first kappa shape index (κ1) is 12.1. The van der Waals surface area contributed by atoms with Gasteiger partial charge in [-0.05, 0) is 6.07 Å². The molecule has 0 spiro atoms. The highest BCUT2D eigenvalue weighted by Crippen LogP contribution is 2.28. The topological polar surface area (TPSA) is 56.0 Å². The Morgan fingerprint density at radius 1 is 1.56 bits per heavy atom. The second kappa shape index (κ2) is 5.29. The number of anilines is 1. The van der Waals surface area contributed by atoms with Gasteiger partial charge in [-0.25, -0.2) is 4.98 Å². The Hall–Kier alpha value is -0.390. The third-order valence-electron chi connectivity index (χ3n) is 2.26. The number of nitrogens with zero attached hydrogens (tertiary/aromatic N) is 1. The molecule has 86 valence electrons. The third kappa shape index (κ3) is 2.64. The number of nitrogens with two attached hydrogens (primary N) is 1. The van der Waals surface area contributed by atoms with Crippen LogP contribution in [0.15, 0.2) is 12.3 Å². The summed E-state index contributed by atoms with van der Waals surface area (Å²) in [6, 6.07) is 1.60. The molecule has 1 aliphatic rings. The highest BCUT2D eigenvalue weighted by molar-refractivity contribution is 8.07. The number of hydrogen-bond acceptors (Lipinski definition) is 5. The zero-order chi connectivity index (χ0) is 11.5. The van der Waals surface area contributed by atoms with E-state index in [-0.39, 0.29) is 16.9 Å². The number of hydrogen-bond donors (Lipinski definition) is 1. The maximum atomic E-state index is 12.2. The Morgan fingerprint density at radius 2 is 2.38 bits per heavy atom. The SMILES string of the molecule is Nc1ncc(Cl)cc1C(=O)C1CSCCS1. The highest BCUT2D eigenvalue weighted by Gasteiger charge is 2.25. The minimum absolute atomic E-state index is 0.0127. The van der Waals surface area contributed by atoms with Gasteiger partial charge in [0.15, 0.2) is 5.78 Å². The normalized spacial score (nSPS) is 20.7. The van der Waals surface area contributed by atoms with Gasteiger partial charge in [0, 0.05) is 23.5 Å². The number of carbonyl (C=O) groups excluding carboxylic acids is 1. The van der Waals surface area contributed by atoms with Crippen LogP contribution in [0, 0.1) is 0 Å². The number of halogens is 1. The quantitative estimate of drug-likeness (QED) is 0.839. The zero-order valence-electron chi connectivity index (χ0n) is 8.48. The van der Waals surface area contributed by atoms with Crippen LogP contribution in [0.3, 0.4) is 0 Å². The summed E-state index contributed by atoms with van der Waals surface area (Å²) >= 11 is 9.30. The summed E-state index contributed by atoms with van der Waals surface area (Å²) in [5.74, 6) is 3.28. The van der Waals surface area contributed by atoms with E-state index >= 15 is 0 Å². The van der Waals surface area contributed by atoms with E-state index < -0.39 is 0 Å². The molecule has 0 aromatic carbocycles. The van der Waals surface area contributed by atoms with E-state index in [4.69, 9.17) is 17.3 Å². The fourth-order valence-corrected chi connectivity index (χ4v) is 4.24. The molecule has 1 aliphatic heterocycles. The Labute approximate surface area is 108 Å². The zero-order valence-corrected chi connectivity index (χ0v) is 10.9. The van der Waals surface area contributed by atoms with Crippen LogP contribution in [-0.4, -0.2) is 33.3 Å². The smallest absolute Gasteiger partial charge is 0.180 e. The number of nitrogen functional groups attached to an aromatic ring is 1. The monoisotopic (exact) mass is 274 g/mol. The number of carbonyl (C=O) groups is 1. The molecule has 1 atom stereocenters. The number of Topliss-reactive ketones (excluding diaryl/α,β-unsaturated/α-hetero) is 1. The molecule has 0 bridgehead atoms. The molecule has 1 unspecified atom stereocenters. The maximum absolute atomic E-state index is 12.2. The van der Waals surface area contributed by atoms with Crippen molar-refractivity contribution < 1.29 is 4.79 Å². The summed E-state index contributed by atoms with van der Waals surface area (Å²) in [4.78, 5) is 16.1. The summed E-state index contributed by atoms with van der Waals surface area (Å²) in [6.07, 6.45) is 1.45. The summed E-state index contributed by atoms with van der Waals surface area (Å²) in [6.45, 7) is 0. The molecule has 0 saturated carbocycles. The Balaban J connectivity index is 2.22. The molecule has 0 radical (unpaired) electrons. The van der Waals surface area contributed by atoms with E-state index in [0.717, 1.165) is 17.3 Å². The molecule has 1 fully saturated rings. The van der Waals surface area contributed by atoms with Crippen LogP contribution in [0.25, 0.3) is 0 Å². The number of aromatic nitrogens is 1. The van der Waals surface area contributed by atoms with Gasteiger partial charge in [0.25, 0.3) is 0 Å². The second-order valence-corrected chi connectivity index (χ2v) is 6.28. The van der Waals surface area contributed by atoms with Crippen LogP contribution in [-0.2, 0) is 0 Å². The number of thioether (sulfide) groups is 2. The summed E-state index contributed by atoms with van der Waals surface area (Å²) in [7, 11) is 0. The van der Waals surface area contributed by atoms with Crippen LogP contribution < -0.4 is 5.73 Å². The van der Waals surface area contributed by atoms with Gasteiger partial charge in [-0.15, -0.1) is 11.8 Å². The van der Waals surface area contributed by atoms with Crippen molar-refractivity contribution in [3.63, 3.8) is 0 Å². The predicted molar refractivity (Wildman–Crippen MR) is 71.6 cm³/mol. The van der Waals surface area contributed by atoms with Gasteiger partial charge >= 0.3 is 0 Å². The van der Waals surface area contributed by atoms with Crippen molar-refractivity contribution >= 4 is 46.7 Å². The largest absolute Gasteiger partial charge is 0.383 e. The van der Waals surface area contributed by atoms with E-state index in [9.17, 15) is 4.79 Å². The molecule has 1 aromatic heterocycles. The minimum atomic E-state index is -0.0127. The summed E-state index contributed by atoms with van der Waals surface area (Å²) in [5.41, 5.74) is 6.14. The van der Waals surface area contributed by atoms with Gasteiger partial charge in [0.1, 0.15) is 5.82 Å². The predicted octanol–water partition coefficient (Wildman–Crippen LogP) is 2.35. The molecule has 16 heavy (non-hydrogen) atoms. The van der Waals surface area contributed by atoms with Gasteiger partial charge in [-0.1, -0.05) is 11.6 Å². The van der Waals surface area contributed by atoms with Gasteiger partial charge in [0.2, 0.25) is 0 Å². The van der Waals surface area contributed by atoms with Crippen molar-refractivity contribution in [1.82, 2.24) is 4.98 Å². The van der Waals surface area contributed by atoms with Crippen LogP contribution >= 0.6 is 35.1 Å². The molecule has 0 aliphatic carbocycles. The molecule has 2 rings (SSSR count). The van der Waals surface area contributed by atoms with Crippen LogP contribution in [0.5, 0.6) is 0 Å². The van der Waals surface area contributed by atoms with Crippen molar-refractivity contribution in [3.8, 4) is 0 Å². The molecule has 0 amide bonds. The molecule has 2 N–H and O–H groups in total. The van der Waals surface area contributed by atoms with Gasteiger partial charge in [-0.3, -0.25) is 4.79 Å². The lowest BCUT2D eigenvalue weighted by Crippen LogP contribution is -2.25. The molecule has 1 aromatic rings. The van der Waals surface area contributed by atoms with Crippen molar-refractivity contribution in [2.75, 3.05) is 23.0 Å². The maximum Gasteiger partial charge on any atom is 0.180 e. The van der Waals surface area contributed by atoms with E-state index in [1.807, 2.05) is 0 Å². The number of pyridine rings is 1. The average molecular weight is 275 g/mol. The lowest BCUT2D eigenvalue weighted by molar-refractivity contribution is 0.0995. The van der Waals surface area contributed by atoms with E-state index in [0.29, 0.717) is 10.6 Å². The van der Waals surface area contributed by atoms with Crippen LogP contribution in [0.4, 0.5) is 5.82 Å². The van der Waals surface area contributed by atoms with E-state index in [2.05, 4.69) is 4.98 Å². The Morgan fingerprint density at radius 3 is 3.06 bits per heavy atom. The summed E-state index contributed by atoms with van der Waals surface area (Å²) < 4.78 is 0. The van der Waals surface area contributed by atoms with E-state index in [1.54, 1.807) is 29.6 Å². The fraction of sp³-hybridized carbons (Fsp3) is 0.400. The molecule has 6 heteroatoms. The van der Waals surface area contributed by atoms with Crippen molar-refractivity contribution in [2.24, 2.45) is 0 Å². The van der Waals surface area contributed by atoms with Crippen molar-refractivity contribution in [3.05, 3.63) is 22.8 Å². The van der Waals surface area contributed by atoms with Crippen molar-refractivity contribution in [1.29, 1.82) is 0 Å². The molecule has 2 heterocycles. The van der Waals surface area contributed by atoms with Gasteiger partial charge in [0.05, 0.1) is 15.8 Å². The number of rotatable bonds is 2. The number of ketones is 1. The fourth-order valence-electron chi connectivity index (χ4n) is 1.46. The third-order valence-corrected chi connectivity index (χ3v) is 5.22. The molecular formula is C10H11ClN2OS2. The molecule has 1 saturated heterocycles. The molecular weight excluding hydrogens is 264 g/mol. The first-order valence-corrected chi connectivity index (χ1v) is 7.41. The lowest BCUT2D eigenvalue weighted by atomic mass is 10.1. The molecule has 3 nitrogen and oxygen atoms in total. The average Bonchev–Trinajstić information content (AvgIpc) is 2.32. The van der Waals surface area contributed by atoms with Crippen LogP contribution in [0.2, 0.25) is 5.02 Å². The van der Waals surface area contributed by atoms with Crippen molar-refractivity contribution in [2.45, 2.75) is 5.25 Å². The highest BCUT2D eigenvalue weighted by atomic mass is 35.5. The van der Waals surface area contributed by atoms with Crippen LogP contribution in [0.1, 0.15) is 10.4 Å². The standard InChI is InChI=1S/C10H11ClN2OS2/c11-6-3-7(10(12)13-4-6)9(14)8-5-15-1-2-16-8/h3-4,8H,1-2,5H2,(H2,12,13). The van der Waals surface area contributed by atoms with Gasteiger partial charge < -0.3 is 5.73 Å². The lowest BCUT2D eigenvalue weighted by Gasteiger charge is -2.20. The first-order valence-electron chi connectivity index (χ1n) is 4.83.